The first kappa shape index (κ1) is 14.8. The largest absolute Gasteiger partial charge is 0.299 e. The van der Waals surface area contributed by atoms with Crippen molar-refractivity contribution in [3.05, 3.63) is 12.2 Å². The summed E-state index contributed by atoms with van der Waals surface area (Å²) in [6.45, 7) is 7.00. The monoisotopic (exact) mass is 262 g/mol. The molecule has 108 valence electrons. The molecule has 0 aliphatic heterocycles. The molecule has 0 aromatic carbocycles. The normalized spacial score (nSPS) is 35.5. The van der Waals surface area contributed by atoms with Gasteiger partial charge in [0.15, 0.2) is 0 Å². The van der Waals surface area contributed by atoms with E-state index in [1.807, 2.05) is 0 Å². The van der Waals surface area contributed by atoms with Gasteiger partial charge < -0.3 is 0 Å². The number of rotatable bonds is 1. The van der Waals surface area contributed by atoms with Gasteiger partial charge in [0.2, 0.25) is 0 Å². The minimum absolute atomic E-state index is 0.312. The van der Waals surface area contributed by atoms with Gasteiger partial charge in [0.1, 0.15) is 5.78 Å². The zero-order valence-electron chi connectivity index (χ0n) is 13.0. The van der Waals surface area contributed by atoms with E-state index in [1.54, 1.807) is 0 Å². The molecule has 2 aliphatic carbocycles. The molecule has 1 nitrogen and oxygen atoms in total. The SMILES string of the molecule is CC(C)(C)C1CCC(=O)C(C2/C=C/CCCCC2)C1. The highest BCUT2D eigenvalue weighted by Crippen LogP contribution is 2.42. The van der Waals surface area contributed by atoms with Gasteiger partial charge in [-0.1, -0.05) is 45.8 Å². The quantitative estimate of drug-likeness (QED) is 0.597. The van der Waals surface area contributed by atoms with Gasteiger partial charge in [-0.25, -0.2) is 0 Å². The molecule has 0 heterocycles. The summed E-state index contributed by atoms with van der Waals surface area (Å²) in [7, 11) is 0. The van der Waals surface area contributed by atoms with Crippen LogP contribution in [0, 0.1) is 23.2 Å². The van der Waals surface area contributed by atoms with E-state index in [0.717, 1.165) is 19.3 Å². The first-order valence-corrected chi connectivity index (χ1v) is 8.18. The Kier molecular flexibility index (Phi) is 4.86. The van der Waals surface area contributed by atoms with Crippen LogP contribution in [0.25, 0.3) is 0 Å². The van der Waals surface area contributed by atoms with Crippen LogP contribution in [0.5, 0.6) is 0 Å². The molecule has 0 aromatic rings. The van der Waals surface area contributed by atoms with Crippen molar-refractivity contribution in [2.45, 2.75) is 72.1 Å². The highest BCUT2D eigenvalue weighted by molar-refractivity contribution is 5.82. The lowest BCUT2D eigenvalue weighted by Gasteiger charge is -2.39. The number of allylic oxidation sites excluding steroid dienone is 2. The molecule has 0 amide bonds. The van der Waals surface area contributed by atoms with Gasteiger partial charge in [0.05, 0.1) is 0 Å². The molecular formula is C18H30O. The Labute approximate surface area is 118 Å². The van der Waals surface area contributed by atoms with Gasteiger partial charge in [-0.2, -0.15) is 0 Å². The van der Waals surface area contributed by atoms with Gasteiger partial charge in [0, 0.05) is 12.3 Å². The summed E-state index contributed by atoms with van der Waals surface area (Å²) >= 11 is 0. The van der Waals surface area contributed by atoms with Crippen LogP contribution in [-0.2, 0) is 4.79 Å². The predicted octanol–water partition coefficient (Wildman–Crippen LogP) is 5.15. The summed E-state index contributed by atoms with van der Waals surface area (Å²) < 4.78 is 0. The van der Waals surface area contributed by atoms with Crippen molar-refractivity contribution in [3.8, 4) is 0 Å². The first-order chi connectivity index (χ1) is 8.98. The maximum atomic E-state index is 12.3. The maximum absolute atomic E-state index is 12.3. The Morgan fingerprint density at radius 1 is 1.11 bits per heavy atom. The van der Waals surface area contributed by atoms with Crippen molar-refractivity contribution in [1.82, 2.24) is 0 Å². The molecule has 3 atom stereocenters. The molecule has 0 aromatic heterocycles. The molecule has 0 bridgehead atoms. The Morgan fingerprint density at radius 2 is 1.89 bits per heavy atom. The van der Waals surface area contributed by atoms with Crippen LogP contribution in [0.3, 0.4) is 0 Å². The first-order valence-electron chi connectivity index (χ1n) is 8.18. The Morgan fingerprint density at radius 3 is 2.63 bits per heavy atom. The number of carbonyl (C=O) groups excluding carboxylic acids is 1. The summed E-state index contributed by atoms with van der Waals surface area (Å²) in [5.41, 5.74) is 0.351. The lowest BCUT2D eigenvalue weighted by molar-refractivity contribution is -0.128. The van der Waals surface area contributed by atoms with Crippen molar-refractivity contribution in [2.75, 3.05) is 0 Å². The van der Waals surface area contributed by atoms with Crippen molar-refractivity contribution in [3.63, 3.8) is 0 Å². The van der Waals surface area contributed by atoms with E-state index in [2.05, 4.69) is 32.9 Å². The van der Waals surface area contributed by atoms with Gasteiger partial charge >= 0.3 is 0 Å². The Hall–Kier alpha value is -0.590. The minimum Gasteiger partial charge on any atom is -0.299 e. The summed E-state index contributed by atoms with van der Waals surface area (Å²) in [6, 6.07) is 0. The van der Waals surface area contributed by atoms with Crippen molar-refractivity contribution >= 4 is 5.78 Å². The summed E-state index contributed by atoms with van der Waals surface area (Å²) in [4.78, 5) is 12.3. The van der Waals surface area contributed by atoms with Crippen LogP contribution in [-0.4, -0.2) is 5.78 Å². The molecule has 19 heavy (non-hydrogen) atoms. The fourth-order valence-corrected chi connectivity index (χ4v) is 3.78. The average molecular weight is 262 g/mol. The standard InChI is InChI=1S/C18H30O/c1-18(2,3)15-11-12-17(19)16(13-15)14-9-7-5-4-6-8-10-14/h7,9,14-16H,4-6,8,10-13H2,1-3H3/b9-7+. The fraction of sp³-hybridized carbons (Fsp3) is 0.833. The van der Waals surface area contributed by atoms with E-state index in [4.69, 9.17) is 0 Å². The fourth-order valence-electron chi connectivity index (χ4n) is 3.78. The van der Waals surface area contributed by atoms with Crippen LogP contribution in [0.1, 0.15) is 72.1 Å². The van der Waals surface area contributed by atoms with E-state index in [9.17, 15) is 4.79 Å². The molecule has 1 fully saturated rings. The lowest BCUT2D eigenvalue weighted by atomic mass is 9.65. The van der Waals surface area contributed by atoms with Crippen molar-refractivity contribution in [1.29, 1.82) is 0 Å². The second kappa shape index (κ2) is 6.24. The van der Waals surface area contributed by atoms with E-state index >= 15 is 0 Å². The van der Waals surface area contributed by atoms with Crippen LogP contribution < -0.4 is 0 Å². The molecule has 2 aliphatic rings. The van der Waals surface area contributed by atoms with Crippen molar-refractivity contribution < 1.29 is 4.79 Å². The van der Waals surface area contributed by atoms with Crippen LogP contribution in [0.4, 0.5) is 0 Å². The van der Waals surface area contributed by atoms with Crippen LogP contribution in [0.2, 0.25) is 0 Å². The van der Waals surface area contributed by atoms with Crippen molar-refractivity contribution in [2.24, 2.45) is 23.2 Å². The predicted molar refractivity (Wildman–Crippen MR) is 81.0 cm³/mol. The number of hydrogen-bond acceptors (Lipinski definition) is 1. The Balaban J connectivity index is 2.07. The van der Waals surface area contributed by atoms with E-state index in [1.165, 1.54) is 32.1 Å². The smallest absolute Gasteiger partial charge is 0.136 e. The summed E-state index contributed by atoms with van der Waals surface area (Å²) in [5.74, 6) is 2.09. The van der Waals surface area contributed by atoms with Crippen LogP contribution in [0.15, 0.2) is 12.2 Å². The molecule has 1 saturated carbocycles. The molecule has 1 heteroatoms. The van der Waals surface area contributed by atoms with E-state index in [0.29, 0.717) is 29.0 Å². The zero-order chi connectivity index (χ0) is 13.9. The number of hydrogen-bond donors (Lipinski definition) is 0. The van der Waals surface area contributed by atoms with E-state index < -0.39 is 0 Å². The average Bonchev–Trinajstić information content (AvgIpc) is 2.28. The maximum Gasteiger partial charge on any atom is 0.136 e. The topological polar surface area (TPSA) is 17.1 Å². The summed E-state index contributed by atoms with van der Waals surface area (Å²) in [6.07, 6.45) is 14.1. The third-order valence-corrected chi connectivity index (χ3v) is 5.22. The molecular weight excluding hydrogens is 232 g/mol. The third kappa shape index (κ3) is 3.94. The summed E-state index contributed by atoms with van der Waals surface area (Å²) in [5, 5.41) is 0. The van der Waals surface area contributed by atoms with Gasteiger partial charge in [-0.15, -0.1) is 0 Å². The van der Waals surface area contributed by atoms with Gasteiger partial charge in [0.25, 0.3) is 0 Å². The highest BCUT2D eigenvalue weighted by Gasteiger charge is 2.37. The van der Waals surface area contributed by atoms with Crippen LogP contribution >= 0.6 is 0 Å². The molecule has 0 spiro atoms. The molecule has 3 unspecified atom stereocenters. The van der Waals surface area contributed by atoms with Gasteiger partial charge in [-0.05, 0) is 49.4 Å². The second-order valence-electron chi connectivity index (χ2n) is 7.64. The lowest BCUT2D eigenvalue weighted by Crippen LogP contribution is -2.35. The third-order valence-electron chi connectivity index (χ3n) is 5.22. The number of Topliss-reactive ketones (excluding diaryl/α,β-unsaturated/α-hetero) is 1. The number of ketones is 1. The minimum atomic E-state index is 0.312. The highest BCUT2D eigenvalue weighted by atomic mass is 16.1. The van der Waals surface area contributed by atoms with Gasteiger partial charge in [-0.3, -0.25) is 4.79 Å². The Bertz CT molecular complexity index is 334. The zero-order valence-corrected chi connectivity index (χ0v) is 13.0. The molecule has 0 saturated heterocycles. The van der Waals surface area contributed by atoms with E-state index in [-0.39, 0.29) is 0 Å². The second-order valence-corrected chi connectivity index (χ2v) is 7.64. The molecule has 0 radical (unpaired) electrons. The number of carbonyl (C=O) groups is 1. The molecule has 0 N–H and O–H groups in total. The molecule has 2 rings (SSSR count).